The highest BCUT2D eigenvalue weighted by atomic mass is 16.5. The fourth-order valence-corrected chi connectivity index (χ4v) is 1.56. The van der Waals surface area contributed by atoms with Crippen molar-refractivity contribution in [1.82, 2.24) is 4.90 Å². The molecule has 0 aliphatic carbocycles. The van der Waals surface area contributed by atoms with E-state index in [1.165, 1.54) is 0 Å². The van der Waals surface area contributed by atoms with E-state index in [2.05, 4.69) is 0 Å². The zero-order chi connectivity index (χ0) is 11.4. The summed E-state index contributed by atoms with van der Waals surface area (Å²) >= 11 is 0. The minimum atomic E-state index is -1.13. The number of nitrogens with zero attached hydrogens (tertiary/aromatic N) is 1. The lowest BCUT2D eigenvalue weighted by Crippen LogP contribution is -2.42. The van der Waals surface area contributed by atoms with Gasteiger partial charge in [0.2, 0.25) is 5.91 Å². The molecule has 0 aromatic heterocycles. The summed E-state index contributed by atoms with van der Waals surface area (Å²) in [6.07, 6.45) is 0.543. The van der Waals surface area contributed by atoms with Gasteiger partial charge in [0.15, 0.2) is 0 Å². The first-order chi connectivity index (χ1) is 7.06. The number of carboxylic acids is 1. The molecule has 1 heterocycles. The molecule has 6 nitrogen and oxygen atoms in total. The molecule has 1 rings (SSSR count). The van der Waals surface area contributed by atoms with Crippen LogP contribution in [0.5, 0.6) is 0 Å². The van der Waals surface area contributed by atoms with Gasteiger partial charge in [0.25, 0.3) is 0 Å². The van der Waals surface area contributed by atoms with Crippen LogP contribution in [0, 0.1) is 0 Å². The topological polar surface area (TPSA) is 83.9 Å². The Balaban J connectivity index is 2.67. The quantitative estimate of drug-likeness (QED) is 0.646. The van der Waals surface area contributed by atoms with Crippen molar-refractivity contribution < 1.29 is 24.2 Å². The number of hydrogen-bond acceptors (Lipinski definition) is 4. The molecule has 0 radical (unpaired) electrons. The number of carbonyl (C=O) groups excluding carboxylic acids is 2. The molecule has 0 bridgehead atoms. The predicted octanol–water partition coefficient (Wildman–Crippen LogP) is -0.375. The van der Waals surface area contributed by atoms with E-state index in [1.807, 2.05) is 0 Å². The van der Waals surface area contributed by atoms with E-state index in [0.717, 1.165) is 4.90 Å². The van der Waals surface area contributed by atoms with Gasteiger partial charge >= 0.3 is 11.9 Å². The summed E-state index contributed by atoms with van der Waals surface area (Å²) in [5.41, 5.74) is 0. The van der Waals surface area contributed by atoms with E-state index >= 15 is 0 Å². The first kappa shape index (κ1) is 11.5. The standard InChI is InChI=1S/C9H13NO5/c1-2-15-9(14)6-3-4-7(11)10(6)5-8(12)13/h6H,2-5H2,1H3,(H,12,13)/t6-/m0/s1. The van der Waals surface area contributed by atoms with Crippen LogP contribution in [0.25, 0.3) is 0 Å². The van der Waals surface area contributed by atoms with Crippen LogP contribution >= 0.6 is 0 Å². The third-order valence-corrected chi connectivity index (χ3v) is 2.19. The molecular formula is C9H13NO5. The Morgan fingerprint density at radius 3 is 2.80 bits per heavy atom. The van der Waals surface area contributed by atoms with Gasteiger partial charge in [-0.25, -0.2) is 4.79 Å². The van der Waals surface area contributed by atoms with Crippen LogP contribution in [0.1, 0.15) is 19.8 Å². The van der Waals surface area contributed by atoms with Gasteiger partial charge in [-0.15, -0.1) is 0 Å². The molecule has 0 aromatic rings. The van der Waals surface area contributed by atoms with Crippen LogP contribution < -0.4 is 0 Å². The number of likely N-dealkylation sites (tertiary alicyclic amines) is 1. The normalized spacial score (nSPS) is 20.5. The molecule has 1 aliphatic heterocycles. The van der Waals surface area contributed by atoms with Crippen LogP contribution in [0.4, 0.5) is 0 Å². The van der Waals surface area contributed by atoms with Gasteiger partial charge in [0.05, 0.1) is 6.61 Å². The number of rotatable bonds is 4. The van der Waals surface area contributed by atoms with E-state index < -0.39 is 24.5 Å². The lowest BCUT2D eigenvalue weighted by atomic mass is 10.2. The summed E-state index contributed by atoms with van der Waals surface area (Å²) in [6.45, 7) is 1.45. The van der Waals surface area contributed by atoms with Crippen LogP contribution in [0.3, 0.4) is 0 Å². The third kappa shape index (κ3) is 2.68. The number of ether oxygens (including phenoxy) is 1. The molecule has 6 heteroatoms. The van der Waals surface area contributed by atoms with Crippen molar-refractivity contribution in [2.45, 2.75) is 25.8 Å². The Morgan fingerprint density at radius 2 is 2.27 bits per heavy atom. The van der Waals surface area contributed by atoms with Gasteiger partial charge in [-0.2, -0.15) is 0 Å². The lowest BCUT2D eigenvalue weighted by molar-refractivity contribution is -0.154. The summed E-state index contributed by atoms with van der Waals surface area (Å²) in [5, 5.41) is 8.58. The number of carbonyl (C=O) groups is 3. The maximum absolute atomic E-state index is 11.4. The fourth-order valence-electron chi connectivity index (χ4n) is 1.56. The maximum atomic E-state index is 11.4. The average molecular weight is 215 g/mol. The largest absolute Gasteiger partial charge is 0.480 e. The summed E-state index contributed by atoms with van der Waals surface area (Å²) in [4.78, 5) is 34.2. The highest BCUT2D eigenvalue weighted by Gasteiger charge is 2.37. The minimum Gasteiger partial charge on any atom is -0.480 e. The van der Waals surface area contributed by atoms with Crippen molar-refractivity contribution in [2.75, 3.05) is 13.2 Å². The van der Waals surface area contributed by atoms with Crippen molar-refractivity contribution in [3.8, 4) is 0 Å². The summed E-state index contributed by atoms with van der Waals surface area (Å²) in [5.74, 6) is -1.96. The van der Waals surface area contributed by atoms with Gasteiger partial charge < -0.3 is 14.7 Å². The third-order valence-electron chi connectivity index (χ3n) is 2.19. The second-order valence-corrected chi connectivity index (χ2v) is 3.22. The number of esters is 1. The van der Waals surface area contributed by atoms with Crippen LogP contribution in [-0.2, 0) is 19.1 Å². The Hall–Kier alpha value is -1.59. The highest BCUT2D eigenvalue weighted by Crippen LogP contribution is 2.19. The fraction of sp³-hybridized carbons (Fsp3) is 0.667. The molecule has 0 spiro atoms. The van der Waals surface area contributed by atoms with Crippen molar-refractivity contribution in [1.29, 1.82) is 0 Å². The molecule has 1 atom stereocenters. The second kappa shape index (κ2) is 4.77. The molecule has 1 saturated heterocycles. The molecule has 1 amide bonds. The van der Waals surface area contributed by atoms with Gasteiger partial charge in [-0.1, -0.05) is 0 Å². The SMILES string of the molecule is CCOC(=O)[C@@H]1CCC(=O)N1CC(=O)O. The summed E-state index contributed by atoms with van der Waals surface area (Å²) < 4.78 is 4.76. The lowest BCUT2D eigenvalue weighted by Gasteiger charge is -2.20. The Labute approximate surface area is 86.8 Å². The van der Waals surface area contributed by atoms with Crippen molar-refractivity contribution in [3.63, 3.8) is 0 Å². The molecule has 0 unspecified atom stereocenters. The van der Waals surface area contributed by atoms with E-state index in [4.69, 9.17) is 9.84 Å². The average Bonchev–Trinajstić information content (AvgIpc) is 2.48. The Kier molecular flexibility index (Phi) is 3.65. The van der Waals surface area contributed by atoms with Gasteiger partial charge in [-0.3, -0.25) is 9.59 Å². The number of amides is 1. The molecule has 84 valence electrons. The molecule has 1 fully saturated rings. The summed E-state index contributed by atoms with van der Waals surface area (Å²) in [7, 11) is 0. The monoisotopic (exact) mass is 215 g/mol. The first-order valence-electron chi connectivity index (χ1n) is 4.74. The number of hydrogen-bond donors (Lipinski definition) is 1. The molecule has 1 aliphatic rings. The van der Waals surface area contributed by atoms with Gasteiger partial charge in [0.1, 0.15) is 12.6 Å². The van der Waals surface area contributed by atoms with E-state index in [-0.39, 0.29) is 18.9 Å². The van der Waals surface area contributed by atoms with Crippen LogP contribution in [0.2, 0.25) is 0 Å². The molecule has 0 aromatic carbocycles. The van der Waals surface area contributed by atoms with Crippen LogP contribution in [0.15, 0.2) is 0 Å². The molecule has 15 heavy (non-hydrogen) atoms. The first-order valence-corrected chi connectivity index (χ1v) is 4.74. The van der Waals surface area contributed by atoms with Crippen molar-refractivity contribution in [2.24, 2.45) is 0 Å². The molecule has 1 N–H and O–H groups in total. The van der Waals surface area contributed by atoms with Crippen LogP contribution in [-0.4, -0.2) is 47.0 Å². The minimum absolute atomic E-state index is 0.205. The Bertz CT molecular complexity index is 288. The van der Waals surface area contributed by atoms with E-state index in [0.29, 0.717) is 6.42 Å². The van der Waals surface area contributed by atoms with Crippen molar-refractivity contribution >= 4 is 17.8 Å². The summed E-state index contributed by atoms with van der Waals surface area (Å²) in [6, 6.07) is -0.728. The predicted molar refractivity (Wildman–Crippen MR) is 49.0 cm³/mol. The smallest absolute Gasteiger partial charge is 0.328 e. The molecular weight excluding hydrogens is 202 g/mol. The van der Waals surface area contributed by atoms with E-state index in [1.54, 1.807) is 6.92 Å². The number of carboxylic acid groups (broad SMARTS) is 1. The second-order valence-electron chi connectivity index (χ2n) is 3.22. The maximum Gasteiger partial charge on any atom is 0.328 e. The highest BCUT2D eigenvalue weighted by molar-refractivity contribution is 5.90. The molecule has 0 saturated carbocycles. The van der Waals surface area contributed by atoms with E-state index in [9.17, 15) is 14.4 Å². The van der Waals surface area contributed by atoms with Crippen molar-refractivity contribution in [3.05, 3.63) is 0 Å². The Morgan fingerprint density at radius 1 is 1.60 bits per heavy atom. The number of aliphatic carboxylic acids is 1. The zero-order valence-corrected chi connectivity index (χ0v) is 8.43. The van der Waals surface area contributed by atoms with Gasteiger partial charge in [0, 0.05) is 6.42 Å². The zero-order valence-electron chi connectivity index (χ0n) is 8.43. The van der Waals surface area contributed by atoms with Gasteiger partial charge in [-0.05, 0) is 13.3 Å².